The summed E-state index contributed by atoms with van der Waals surface area (Å²) in [5, 5.41) is 3.54. The van der Waals surface area contributed by atoms with Crippen LogP contribution in [0.25, 0.3) is 0 Å². The zero-order valence-corrected chi connectivity index (χ0v) is 14.5. The minimum Gasteiger partial charge on any atom is -0.314 e. The zero-order chi connectivity index (χ0) is 15.5. The molecule has 5 nitrogen and oxygen atoms in total. The lowest BCUT2D eigenvalue weighted by Crippen LogP contribution is -2.50. The average Bonchev–Trinajstić information content (AvgIpc) is 3.31. The lowest BCUT2D eigenvalue weighted by atomic mass is 10.00. The maximum atomic E-state index is 12.8. The van der Waals surface area contributed by atoms with Crippen LogP contribution in [0.4, 0.5) is 0 Å². The van der Waals surface area contributed by atoms with Gasteiger partial charge in [-0.1, -0.05) is 13.8 Å². The van der Waals surface area contributed by atoms with Crippen molar-refractivity contribution >= 4 is 10.2 Å². The molecule has 1 heterocycles. The van der Waals surface area contributed by atoms with Crippen LogP contribution in [0.15, 0.2) is 0 Å². The van der Waals surface area contributed by atoms with E-state index in [-0.39, 0.29) is 6.04 Å². The van der Waals surface area contributed by atoms with Gasteiger partial charge in [0.25, 0.3) is 10.2 Å². The molecule has 2 fully saturated rings. The van der Waals surface area contributed by atoms with Gasteiger partial charge in [-0.15, -0.1) is 0 Å². The Kier molecular flexibility index (Phi) is 6.05. The predicted octanol–water partition coefficient (Wildman–Crippen LogP) is 1.82. The number of hydrogen-bond acceptors (Lipinski definition) is 3. The van der Waals surface area contributed by atoms with E-state index in [0.29, 0.717) is 25.0 Å². The first-order chi connectivity index (χ1) is 9.98. The van der Waals surface area contributed by atoms with E-state index in [1.54, 1.807) is 15.7 Å². The first-order valence-electron chi connectivity index (χ1n) is 8.45. The molecule has 1 aliphatic carbocycles. The number of piperidine rings is 1. The van der Waals surface area contributed by atoms with E-state index >= 15 is 0 Å². The van der Waals surface area contributed by atoms with Gasteiger partial charge >= 0.3 is 0 Å². The highest BCUT2D eigenvalue weighted by Crippen LogP contribution is 2.24. The molecule has 0 aromatic rings. The van der Waals surface area contributed by atoms with Crippen molar-refractivity contribution in [1.29, 1.82) is 0 Å². The van der Waals surface area contributed by atoms with E-state index in [9.17, 15) is 8.42 Å². The van der Waals surface area contributed by atoms with Gasteiger partial charge in [0.2, 0.25) is 0 Å². The minimum absolute atomic E-state index is 0.111. The molecule has 0 spiro atoms. The van der Waals surface area contributed by atoms with Crippen LogP contribution in [0.3, 0.4) is 0 Å². The van der Waals surface area contributed by atoms with Crippen LogP contribution in [-0.4, -0.2) is 55.8 Å². The van der Waals surface area contributed by atoms with Crippen LogP contribution in [0.2, 0.25) is 0 Å². The molecule has 1 unspecified atom stereocenters. The van der Waals surface area contributed by atoms with Gasteiger partial charge in [-0.2, -0.15) is 17.0 Å². The lowest BCUT2D eigenvalue weighted by molar-refractivity contribution is 0.234. The Morgan fingerprint density at radius 2 is 1.90 bits per heavy atom. The van der Waals surface area contributed by atoms with Gasteiger partial charge < -0.3 is 5.32 Å². The van der Waals surface area contributed by atoms with Crippen molar-refractivity contribution in [3.63, 3.8) is 0 Å². The van der Waals surface area contributed by atoms with Crippen LogP contribution in [0, 0.1) is 5.92 Å². The fourth-order valence-corrected chi connectivity index (χ4v) is 5.00. The Morgan fingerprint density at radius 1 is 1.24 bits per heavy atom. The highest BCUT2D eigenvalue weighted by molar-refractivity contribution is 7.86. The number of hydrogen-bond donors (Lipinski definition) is 1. The van der Waals surface area contributed by atoms with Crippen LogP contribution in [-0.2, 0) is 10.2 Å². The van der Waals surface area contributed by atoms with Crippen molar-refractivity contribution in [2.45, 2.75) is 64.5 Å². The molecule has 1 saturated heterocycles. The Balaban J connectivity index is 1.94. The molecule has 1 saturated carbocycles. The molecule has 0 aromatic carbocycles. The fraction of sp³-hybridized carbons (Fsp3) is 1.00. The second kappa shape index (κ2) is 7.40. The van der Waals surface area contributed by atoms with E-state index in [0.717, 1.165) is 32.2 Å². The van der Waals surface area contributed by atoms with Gasteiger partial charge in [0.1, 0.15) is 0 Å². The summed E-state index contributed by atoms with van der Waals surface area (Å²) in [4.78, 5) is 0. The predicted molar refractivity (Wildman–Crippen MR) is 86.4 cm³/mol. The van der Waals surface area contributed by atoms with Gasteiger partial charge in [0.05, 0.1) is 0 Å². The van der Waals surface area contributed by atoms with Crippen molar-refractivity contribution in [2.75, 3.05) is 26.7 Å². The number of rotatable bonds is 8. The molecule has 21 heavy (non-hydrogen) atoms. The Morgan fingerprint density at radius 3 is 2.48 bits per heavy atom. The topological polar surface area (TPSA) is 52.7 Å². The standard InChI is InChI=1S/C15H31N3O2S/c1-4-15(5-2)17(3)21(19,20)18-10-6-7-13(12-18)11-16-14-8-9-14/h13-16H,4-12H2,1-3H3. The second-order valence-electron chi connectivity index (χ2n) is 6.54. The third kappa shape index (κ3) is 4.41. The summed E-state index contributed by atoms with van der Waals surface area (Å²) in [6.07, 6.45) is 6.42. The Labute approximate surface area is 130 Å². The quantitative estimate of drug-likeness (QED) is 0.743. The summed E-state index contributed by atoms with van der Waals surface area (Å²) < 4.78 is 28.8. The maximum Gasteiger partial charge on any atom is 0.281 e. The first kappa shape index (κ1) is 17.2. The van der Waals surface area contributed by atoms with Crippen LogP contribution in [0.1, 0.15) is 52.4 Å². The third-order valence-electron chi connectivity index (χ3n) is 4.90. The molecular formula is C15H31N3O2S. The van der Waals surface area contributed by atoms with Crippen molar-refractivity contribution in [2.24, 2.45) is 5.92 Å². The summed E-state index contributed by atoms with van der Waals surface area (Å²) in [5.74, 6) is 0.462. The monoisotopic (exact) mass is 317 g/mol. The number of nitrogens with one attached hydrogen (secondary N) is 1. The molecule has 0 radical (unpaired) electrons. The zero-order valence-electron chi connectivity index (χ0n) is 13.7. The summed E-state index contributed by atoms with van der Waals surface area (Å²) in [6.45, 7) is 6.42. The Hall–Kier alpha value is -0.170. The van der Waals surface area contributed by atoms with Crippen molar-refractivity contribution in [3.05, 3.63) is 0 Å². The second-order valence-corrected chi connectivity index (χ2v) is 8.53. The maximum absolute atomic E-state index is 12.8. The summed E-state index contributed by atoms with van der Waals surface area (Å²) in [5.41, 5.74) is 0. The molecule has 6 heteroatoms. The molecule has 1 atom stereocenters. The van der Waals surface area contributed by atoms with Crippen molar-refractivity contribution in [1.82, 2.24) is 13.9 Å². The van der Waals surface area contributed by atoms with Crippen LogP contribution in [0.5, 0.6) is 0 Å². The molecule has 1 aliphatic heterocycles. The minimum atomic E-state index is -3.30. The highest BCUT2D eigenvalue weighted by atomic mass is 32.2. The van der Waals surface area contributed by atoms with Crippen molar-refractivity contribution < 1.29 is 8.42 Å². The van der Waals surface area contributed by atoms with E-state index in [4.69, 9.17) is 0 Å². The van der Waals surface area contributed by atoms with Crippen LogP contribution < -0.4 is 5.32 Å². The van der Waals surface area contributed by atoms with Gasteiger partial charge in [0, 0.05) is 32.2 Å². The summed E-state index contributed by atoms with van der Waals surface area (Å²) in [7, 11) is -1.57. The van der Waals surface area contributed by atoms with E-state index in [1.165, 1.54) is 12.8 Å². The molecule has 0 bridgehead atoms. The first-order valence-corrected chi connectivity index (χ1v) is 9.85. The van der Waals surface area contributed by atoms with Gasteiger partial charge in [0.15, 0.2) is 0 Å². The fourth-order valence-electron chi connectivity index (χ4n) is 3.20. The summed E-state index contributed by atoms with van der Waals surface area (Å²) >= 11 is 0. The number of nitrogens with zero attached hydrogens (tertiary/aromatic N) is 2. The van der Waals surface area contributed by atoms with Crippen molar-refractivity contribution in [3.8, 4) is 0 Å². The Bertz CT molecular complexity index is 419. The highest BCUT2D eigenvalue weighted by Gasteiger charge is 2.34. The van der Waals surface area contributed by atoms with Gasteiger partial charge in [-0.25, -0.2) is 0 Å². The normalized spacial score (nSPS) is 24.9. The molecule has 0 amide bonds. The molecule has 0 aromatic heterocycles. The summed E-state index contributed by atoms with van der Waals surface area (Å²) in [6, 6.07) is 0.809. The molecular weight excluding hydrogens is 286 g/mol. The van der Waals surface area contributed by atoms with Gasteiger partial charge in [-0.05, 0) is 51.0 Å². The molecule has 2 aliphatic rings. The third-order valence-corrected chi connectivity index (χ3v) is 6.91. The molecule has 1 N–H and O–H groups in total. The lowest BCUT2D eigenvalue weighted by Gasteiger charge is -2.36. The average molecular weight is 317 g/mol. The van der Waals surface area contributed by atoms with E-state index < -0.39 is 10.2 Å². The smallest absolute Gasteiger partial charge is 0.281 e. The SMILES string of the molecule is CCC(CC)N(C)S(=O)(=O)N1CCCC(CNC2CC2)C1. The molecule has 124 valence electrons. The van der Waals surface area contributed by atoms with E-state index in [1.807, 2.05) is 0 Å². The molecule has 2 rings (SSSR count). The van der Waals surface area contributed by atoms with Crippen LogP contribution >= 0.6 is 0 Å². The van der Waals surface area contributed by atoms with Gasteiger partial charge in [-0.3, -0.25) is 0 Å². The van der Waals surface area contributed by atoms with E-state index in [2.05, 4.69) is 19.2 Å². The largest absolute Gasteiger partial charge is 0.314 e.